The van der Waals surface area contributed by atoms with Crippen molar-refractivity contribution in [2.45, 2.75) is 13.3 Å². The number of nitrogens with zero attached hydrogens (tertiary/aromatic N) is 1. The Morgan fingerprint density at radius 1 is 1.50 bits per heavy atom. The number of hydrogen-bond acceptors (Lipinski definition) is 3. The summed E-state index contributed by atoms with van der Waals surface area (Å²) in [5.74, 6) is 5.24. The summed E-state index contributed by atoms with van der Waals surface area (Å²) in [6, 6.07) is 7.09. The van der Waals surface area contributed by atoms with Gasteiger partial charge in [-0.1, -0.05) is 11.8 Å². The first-order valence-corrected chi connectivity index (χ1v) is 4.74. The van der Waals surface area contributed by atoms with Crippen LogP contribution in [-0.2, 0) is 4.74 Å². The van der Waals surface area contributed by atoms with Crippen LogP contribution in [0.2, 0.25) is 0 Å². The van der Waals surface area contributed by atoms with Crippen LogP contribution in [0.25, 0.3) is 0 Å². The molecule has 0 N–H and O–H groups in total. The minimum atomic E-state index is -0.361. The summed E-state index contributed by atoms with van der Waals surface area (Å²) in [6.07, 6.45) is 0.207. The molecule has 0 unspecified atom stereocenters. The molecule has 0 aromatic heterocycles. The third-order valence-corrected chi connectivity index (χ3v) is 2.04. The van der Waals surface area contributed by atoms with Gasteiger partial charge >= 0.3 is 5.97 Å². The molecule has 1 aromatic carbocycles. The average Bonchev–Trinajstić information content (AvgIpc) is 2.30. The highest BCUT2D eigenvalue weighted by Crippen LogP contribution is 2.10. The van der Waals surface area contributed by atoms with Gasteiger partial charge in [-0.15, -0.1) is 0 Å². The van der Waals surface area contributed by atoms with Gasteiger partial charge in [0.2, 0.25) is 0 Å². The topological polar surface area (TPSA) is 50.1 Å². The van der Waals surface area contributed by atoms with Crippen LogP contribution in [0.1, 0.15) is 27.9 Å². The van der Waals surface area contributed by atoms with Crippen LogP contribution in [0.15, 0.2) is 18.2 Å². The maximum atomic E-state index is 11.2. The molecule has 80 valence electrons. The van der Waals surface area contributed by atoms with E-state index in [1.54, 1.807) is 18.2 Å². The van der Waals surface area contributed by atoms with E-state index in [2.05, 4.69) is 16.6 Å². The highest BCUT2D eigenvalue weighted by Gasteiger charge is 2.05. The molecule has 0 aliphatic heterocycles. The molecular weight excluding hydrogens is 202 g/mol. The molecule has 0 aliphatic rings. The lowest BCUT2D eigenvalue weighted by atomic mass is 10.1. The molecule has 16 heavy (non-hydrogen) atoms. The van der Waals surface area contributed by atoms with Crippen LogP contribution in [0.4, 0.5) is 0 Å². The Labute approximate surface area is 94.7 Å². The summed E-state index contributed by atoms with van der Waals surface area (Å²) in [4.78, 5) is 11.2. The first kappa shape index (κ1) is 11.8. The van der Waals surface area contributed by atoms with E-state index < -0.39 is 0 Å². The second-order valence-electron chi connectivity index (χ2n) is 3.16. The summed E-state index contributed by atoms with van der Waals surface area (Å²) >= 11 is 0. The van der Waals surface area contributed by atoms with E-state index in [-0.39, 0.29) is 12.4 Å². The van der Waals surface area contributed by atoms with Gasteiger partial charge in [-0.25, -0.2) is 4.79 Å². The molecule has 1 aromatic rings. The monoisotopic (exact) mass is 213 g/mol. The highest BCUT2D eigenvalue weighted by atomic mass is 16.5. The lowest BCUT2D eigenvalue weighted by molar-refractivity contribution is 0.0600. The lowest BCUT2D eigenvalue weighted by Crippen LogP contribution is -2.01. The molecule has 0 amide bonds. The smallest absolute Gasteiger partial charge is 0.337 e. The summed E-state index contributed by atoms with van der Waals surface area (Å²) in [5.41, 5.74) is 2.22. The van der Waals surface area contributed by atoms with E-state index in [9.17, 15) is 4.79 Å². The maximum absolute atomic E-state index is 11.2. The van der Waals surface area contributed by atoms with Gasteiger partial charge in [0.05, 0.1) is 25.2 Å². The fourth-order valence-electron chi connectivity index (χ4n) is 1.23. The van der Waals surface area contributed by atoms with Crippen molar-refractivity contribution in [3.8, 4) is 17.9 Å². The number of carbonyl (C=O) groups is 1. The van der Waals surface area contributed by atoms with Gasteiger partial charge < -0.3 is 4.74 Å². The zero-order valence-corrected chi connectivity index (χ0v) is 9.20. The molecular formula is C13H11NO2. The first-order chi connectivity index (χ1) is 7.69. The quantitative estimate of drug-likeness (QED) is 0.530. The standard InChI is InChI=1S/C13H11NO2/c1-10-9-12(13(15)16-2)7-6-11(10)5-3-4-8-14/h6-7,9H,4H2,1-2H3. The third kappa shape index (κ3) is 2.87. The number of aryl methyl sites for hydroxylation is 1. The van der Waals surface area contributed by atoms with Crippen LogP contribution in [-0.4, -0.2) is 13.1 Å². The Kier molecular flexibility index (Phi) is 4.12. The van der Waals surface area contributed by atoms with E-state index in [1.807, 2.05) is 13.0 Å². The molecule has 1 rings (SSSR count). The first-order valence-electron chi connectivity index (χ1n) is 4.74. The second kappa shape index (κ2) is 5.58. The molecule has 0 spiro atoms. The van der Waals surface area contributed by atoms with E-state index in [4.69, 9.17) is 5.26 Å². The van der Waals surface area contributed by atoms with Crippen molar-refractivity contribution in [2.75, 3.05) is 7.11 Å². The number of ether oxygens (including phenoxy) is 1. The zero-order chi connectivity index (χ0) is 12.0. The molecule has 0 atom stereocenters. The summed E-state index contributed by atoms with van der Waals surface area (Å²) in [6.45, 7) is 1.86. The van der Waals surface area contributed by atoms with Crippen molar-refractivity contribution in [3.63, 3.8) is 0 Å². The van der Waals surface area contributed by atoms with Crippen LogP contribution in [0.5, 0.6) is 0 Å². The van der Waals surface area contributed by atoms with Gasteiger partial charge in [0.1, 0.15) is 0 Å². The Hall–Kier alpha value is -2.26. The summed E-state index contributed by atoms with van der Waals surface area (Å²) in [5, 5.41) is 8.35. The van der Waals surface area contributed by atoms with Crippen molar-refractivity contribution in [1.82, 2.24) is 0 Å². The minimum absolute atomic E-state index is 0.207. The number of rotatable bonds is 1. The zero-order valence-electron chi connectivity index (χ0n) is 9.20. The fraction of sp³-hybridized carbons (Fsp3) is 0.231. The van der Waals surface area contributed by atoms with Crippen molar-refractivity contribution < 1.29 is 9.53 Å². The van der Waals surface area contributed by atoms with Gasteiger partial charge in [-0.3, -0.25) is 0 Å². The molecule has 0 aliphatic carbocycles. The summed E-state index contributed by atoms with van der Waals surface area (Å²) in [7, 11) is 1.35. The van der Waals surface area contributed by atoms with Crippen molar-refractivity contribution in [2.24, 2.45) is 0 Å². The Bertz CT molecular complexity index is 501. The number of hydrogen-bond donors (Lipinski definition) is 0. The van der Waals surface area contributed by atoms with E-state index >= 15 is 0 Å². The van der Waals surface area contributed by atoms with Gasteiger partial charge in [-0.2, -0.15) is 5.26 Å². The van der Waals surface area contributed by atoms with Gasteiger partial charge in [0.25, 0.3) is 0 Å². The Balaban J connectivity index is 2.98. The Morgan fingerprint density at radius 2 is 2.25 bits per heavy atom. The molecule has 0 saturated carbocycles. The maximum Gasteiger partial charge on any atom is 0.337 e. The number of carbonyl (C=O) groups excluding carboxylic acids is 1. The summed E-state index contributed by atoms with van der Waals surface area (Å²) < 4.78 is 4.61. The van der Waals surface area contributed by atoms with Gasteiger partial charge in [-0.05, 0) is 30.7 Å². The molecule has 3 heteroatoms. The SMILES string of the molecule is COC(=O)c1ccc(C#CCC#N)c(C)c1. The average molecular weight is 213 g/mol. The highest BCUT2D eigenvalue weighted by molar-refractivity contribution is 5.89. The number of benzene rings is 1. The fourth-order valence-corrected chi connectivity index (χ4v) is 1.23. The van der Waals surface area contributed by atoms with Crippen molar-refractivity contribution in [3.05, 3.63) is 34.9 Å². The second-order valence-corrected chi connectivity index (χ2v) is 3.16. The number of nitriles is 1. The normalized spacial score (nSPS) is 8.56. The molecule has 0 bridgehead atoms. The van der Waals surface area contributed by atoms with E-state index in [0.717, 1.165) is 11.1 Å². The van der Waals surface area contributed by atoms with Crippen molar-refractivity contribution in [1.29, 1.82) is 5.26 Å². The minimum Gasteiger partial charge on any atom is -0.465 e. The number of methoxy groups -OCH3 is 1. The van der Waals surface area contributed by atoms with Gasteiger partial charge in [0, 0.05) is 5.56 Å². The van der Waals surface area contributed by atoms with E-state index in [0.29, 0.717) is 5.56 Å². The Morgan fingerprint density at radius 3 is 2.81 bits per heavy atom. The lowest BCUT2D eigenvalue weighted by Gasteiger charge is -2.02. The van der Waals surface area contributed by atoms with E-state index in [1.165, 1.54) is 7.11 Å². The predicted octanol–water partition coefficient (Wildman–Crippen LogP) is 2.05. The molecule has 0 fully saturated rings. The van der Waals surface area contributed by atoms with Crippen LogP contribution < -0.4 is 0 Å². The molecule has 0 radical (unpaired) electrons. The number of esters is 1. The third-order valence-electron chi connectivity index (χ3n) is 2.04. The van der Waals surface area contributed by atoms with Crippen LogP contribution in [0.3, 0.4) is 0 Å². The van der Waals surface area contributed by atoms with Crippen molar-refractivity contribution >= 4 is 5.97 Å². The molecule has 0 heterocycles. The molecule has 0 saturated heterocycles. The predicted molar refractivity (Wildman–Crippen MR) is 59.6 cm³/mol. The van der Waals surface area contributed by atoms with Crippen LogP contribution >= 0.6 is 0 Å². The largest absolute Gasteiger partial charge is 0.465 e. The molecule has 3 nitrogen and oxygen atoms in total. The van der Waals surface area contributed by atoms with Crippen LogP contribution in [0, 0.1) is 30.1 Å². The van der Waals surface area contributed by atoms with Gasteiger partial charge in [0.15, 0.2) is 0 Å².